The Balaban J connectivity index is 1.64. The Morgan fingerprint density at radius 2 is 2.00 bits per heavy atom. The summed E-state index contributed by atoms with van der Waals surface area (Å²) in [5.74, 6) is 4.77. The fourth-order valence-corrected chi connectivity index (χ4v) is 6.36. The van der Waals surface area contributed by atoms with Crippen LogP contribution in [0.1, 0.15) is 65.2 Å². The van der Waals surface area contributed by atoms with Crippen molar-refractivity contribution in [3.8, 4) is 0 Å². The highest BCUT2D eigenvalue weighted by atomic mass is 16.1. The predicted octanol–water partition coefficient (Wildman–Crippen LogP) is 4.76. The van der Waals surface area contributed by atoms with Gasteiger partial charge in [-0.15, -0.1) is 0 Å². The molecule has 0 radical (unpaired) electrons. The normalized spacial score (nSPS) is 51.0. The minimum absolute atomic E-state index is 0.479. The van der Waals surface area contributed by atoms with E-state index in [1.165, 1.54) is 38.5 Å². The summed E-state index contributed by atoms with van der Waals surface area (Å²) in [6, 6.07) is 0. The molecule has 3 saturated carbocycles. The van der Waals surface area contributed by atoms with Gasteiger partial charge in [-0.05, 0) is 73.5 Å². The van der Waals surface area contributed by atoms with Gasteiger partial charge in [0, 0.05) is 12.8 Å². The summed E-state index contributed by atoms with van der Waals surface area (Å²) in [6.07, 6.45) is 12.4. The summed E-state index contributed by atoms with van der Waals surface area (Å²) >= 11 is 0. The highest BCUT2D eigenvalue weighted by molar-refractivity contribution is 5.82. The largest absolute Gasteiger partial charge is 0.299 e. The number of hydrogen-bond donors (Lipinski definition) is 0. The van der Waals surface area contributed by atoms with E-state index in [1.807, 2.05) is 0 Å². The minimum Gasteiger partial charge on any atom is -0.299 e. The number of fused-ring (bicyclic) bond motifs is 5. The smallest absolute Gasteiger partial charge is 0.137 e. The molecular formula is C19H28O. The molecule has 0 spiro atoms. The van der Waals surface area contributed by atoms with E-state index in [2.05, 4.69) is 19.9 Å². The summed E-state index contributed by atoms with van der Waals surface area (Å²) in [5.41, 5.74) is 2.33. The molecule has 3 fully saturated rings. The number of carbonyl (C=O) groups is 1. The molecular weight excluding hydrogens is 244 g/mol. The van der Waals surface area contributed by atoms with E-state index < -0.39 is 0 Å². The van der Waals surface area contributed by atoms with Crippen LogP contribution in [0.5, 0.6) is 0 Å². The lowest BCUT2D eigenvalue weighted by Gasteiger charge is -2.53. The number of rotatable bonds is 0. The lowest BCUT2D eigenvalue weighted by molar-refractivity contribution is -0.120. The van der Waals surface area contributed by atoms with Crippen LogP contribution in [0.2, 0.25) is 0 Å². The lowest BCUT2D eigenvalue weighted by atomic mass is 9.52. The summed E-state index contributed by atoms with van der Waals surface area (Å²) in [4.78, 5) is 11.7. The van der Waals surface area contributed by atoms with Crippen LogP contribution >= 0.6 is 0 Å². The van der Waals surface area contributed by atoms with Gasteiger partial charge < -0.3 is 0 Å². The van der Waals surface area contributed by atoms with Crippen molar-refractivity contribution in [1.29, 1.82) is 0 Å². The van der Waals surface area contributed by atoms with Gasteiger partial charge in [0.1, 0.15) is 5.78 Å². The zero-order chi connectivity index (χ0) is 13.9. The minimum atomic E-state index is 0.479. The lowest BCUT2D eigenvalue weighted by Crippen LogP contribution is -2.45. The molecule has 1 heteroatoms. The van der Waals surface area contributed by atoms with Crippen LogP contribution in [-0.4, -0.2) is 5.78 Å². The van der Waals surface area contributed by atoms with Gasteiger partial charge in [-0.25, -0.2) is 0 Å². The second-order valence-electron chi connectivity index (χ2n) is 8.33. The Labute approximate surface area is 123 Å². The van der Waals surface area contributed by atoms with Crippen LogP contribution in [0.3, 0.4) is 0 Å². The van der Waals surface area contributed by atoms with E-state index in [0.29, 0.717) is 17.1 Å². The SMILES string of the molecule is CC1CCC2[C@H]3CCC4CC(=O)CC=C4C3CCC12C. The second-order valence-corrected chi connectivity index (χ2v) is 8.33. The molecule has 6 atom stereocenters. The number of hydrogen-bond acceptors (Lipinski definition) is 1. The van der Waals surface area contributed by atoms with Gasteiger partial charge in [-0.1, -0.05) is 25.5 Å². The average molecular weight is 272 g/mol. The molecule has 0 aliphatic heterocycles. The molecule has 0 bridgehead atoms. The highest BCUT2D eigenvalue weighted by Crippen LogP contribution is 2.63. The molecule has 110 valence electrons. The molecule has 1 nitrogen and oxygen atoms in total. The van der Waals surface area contributed by atoms with Crippen molar-refractivity contribution >= 4 is 5.78 Å². The Morgan fingerprint density at radius 1 is 1.15 bits per heavy atom. The quantitative estimate of drug-likeness (QED) is 0.581. The van der Waals surface area contributed by atoms with Gasteiger partial charge >= 0.3 is 0 Å². The zero-order valence-corrected chi connectivity index (χ0v) is 13.0. The highest BCUT2D eigenvalue weighted by Gasteiger charge is 2.54. The summed E-state index contributed by atoms with van der Waals surface area (Å²) < 4.78 is 0. The van der Waals surface area contributed by atoms with Crippen LogP contribution in [-0.2, 0) is 4.79 Å². The molecule has 0 aromatic carbocycles. The van der Waals surface area contributed by atoms with Gasteiger partial charge in [0.25, 0.3) is 0 Å². The molecule has 20 heavy (non-hydrogen) atoms. The van der Waals surface area contributed by atoms with Crippen molar-refractivity contribution in [3.63, 3.8) is 0 Å². The molecule has 5 unspecified atom stereocenters. The van der Waals surface area contributed by atoms with Crippen molar-refractivity contribution in [2.45, 2.75) is 65.2 Å². The van der Waals surface area contributed by atoms with Crippen molar-refractivity contribution in [2.75, 3.05) is 0 Å². The fourth-order valence-electron chi connectivity index (χ4n) is 6.36. The van der Waals surface area contributed by atoms with Gasteiger partial charge in [-0.3, -0.25) is 4.79 Å². The summed E-state index contributed by atoms with van der Waals surface area (Å²) in [7, 11) is 0. The van der Waals surface area contributed by atoms with E-state index in [-0.39, 0.29) is 0 Å². The van der Waals surface area contributed by atoms with E-state index in [9.17, 15) is 4.79 Å². The summed E-state index contributed by atoms with van der Waals surface area (Å²) in [6.45, 7) is 5.07. The first kappa shape index (κ1) is 13.1. The monoisotopic (exact) mass is 272 g/mol. The van der Waals surface area contributed by atoms with Crippen molar-refractivity contribution < 1.29 is 4.79 Å². The second kappa shape index (κ2) is 4.45. The molecule has 4 aliphatic rings. The first-order valence-electron chi connectivity index (χ1n) is 8.81. The third-order valence-corrected chi connectivity index (χ3v) is 7.70. The van der Waals surface area contributed by atoms with Gasteiger partial charge in [0.2, 0.25) is 0 Å². The maximum atomic E-state index is 11.7. The van der Waals surface area contributed by atoms with E-state index in [1.54, 1.807) is 5.57 Å². The third kappa shape index (κ3) is 1.71. The van der Waals surface area contributed by atoms with E-state index in [0.717, 1.165) is 36.5 Å². The Hall–Kier alpha value is -0.590. The maximum Gasteiger partial charge on any atom is 0.137 e. The molecule has 0 saturated heterocycles. The maximum absolute atomic E-state index is 11.7. The number of allylic oxidation sites excluding steroid dienone is 2. The predicted molar refractivity (Wildman–Crippen MR) is 81.3 cm³/mol. The first-order valence-corrected chi connectivity index (χ1v) is 8.81. The van der Waals surface area contributed by atoms with Crippen LogP contribution in [0, 0.1) is 35.0 Å². The number of carbonyl (C=O) groups excluding carboxylic acids is 1. The van der Waals surface area contributed by atoms with Crippen molar-refractivity contribution in [2.24, 2.45) is 35.0 Å². The number of Topliss-reactive ketones (excluding diaryl/α,β-unsaturated/α-hetero) is 1. The van der Waals surface area contributed by atoms with E-state index in [4.69, 9.17) is 0 Å². The zero-order valence-electron chi connectivity index (χ0n) is 13.0. The molecule has 0 heterocycles. The summed E-state index contributed by atoms with van der Waals surface area (Å²) in [5, 5.41) is 0. The Bertz CT molecular complexity index is 462. The van der Waals surface area contributed by atoms with Crippen molar-refractivity contribution in [1.82, 2.24) is 0 Å². The fraction of sp³-hybridized carbons (Fsp3) is 0.842. The first-order chi connectivity index (χ1) is 9.59. The van der Waals surface area contributed by atoms with Crippen LogP contribution in [0.15, 0.2) is 11.6 Å². The van der Waals surface area contributed by atoms with Crippen molar-refractivity contribution in [3.05, 3.63) is 11.6 Å². The van der Waals surface area contributed by atoms with Crippen LogP contribution in [0.25, 0.3) is 0 Å². The molecule has 0 amide bonds. The molecule has 0 aromatic rings. The third-order valence-electron chi connectivity index (χ3n) is 7.70. The molecule has 4 aliphatic carbocycles. The standard InChI is InChI=1S/C19H28O/c1-12-3-8-18-17-6-4-13-11-14(20)5-7-15(13)16(17)9-10-19(12,18)2/h7,12-13,16-18H,3-6,8-11H2,1-2H3/t12?,13?,16?,17-,18?,19?/m0/s1. The molecule has 4 rings (SSSR count). The van der Waals surface area contributed by atoms with Crippen LogP contribution in [0.4, 0.5) is 0 Å². The molecule has 0 N–H and O–H groups in total. The van der Waals surface area contributed by atoms with Gasteiger partial charge in [-0.2, -0.15) is 0 Å². The van der Waals surface area contributed by atoms with Crippen LogP contribution < -0.4 is 0 Å². The average Bonchev–Trinajstić information content (AvgIpc) is 2.74. The van der Waals surface area contributed by atoms with Gasteiger partial charge in [0.15, 0.2) is 0 Å². The Morgan fingerprint density at radius 3 is 2.85 bits per heavy atom. The number of ketones is 1. The van der Waals surface area contributed by atoms with E-state index >= 15 is 0 Å². The molecule has 0 aromatic heterocycles. The topological polar surface area (TPSA) is 17.1 Å². The Kier molecular flexibility index (Phi) is 2.91. The van der Waals surface area contributed by atoms with Gasteiger partial charge in [0.05, 0.1) is 0 Å².